The number of nitrogens with one attached hydrogen (secondary N) is 1. The van der Waals surface area contributed by atoms with Crippen LogP contribution < -0.4 is 5.32 Å². The largest absolute Gasteiger partial charge is 0.395 e. The van der Waals surface area contributed by atoms with Crippen molar-refractivity contribution in [2.24, 2.45) is 0 Å². The Labute approximate surface area is 95.0 Å². The van der Waals surface area contributed by atoms with E-state index in [0.29, 0.717) is 6.54 Å². The third kappa shape index (κ3) is 2.04. The number of aliphatic hydroxyl groups is 1. The fraction of sp³-hybridized carbons (Fsp3) is 0.818. The molecular formula is C11H17N3O2. The molecule has 2 aliphatic rings. The van der Waals surface area contributed by atoms with Gasteiger partial charge in [-0.15, -0.1) is 0 Å². The van der Waals surface area contributed by atoms with Crippen LogP contribution in [0.2, 0.25) is 0 Å². The average molecular weight is 223 g/mol. The van der Waals surface area contributed by atoms with Crippen molar-refractivity contribution in [2.75, 3.05) is 13.2 Å². The summed E-state index contributed by atoms with van der Waals surface area (Å²) < 4.78 is 0. The molecule has 0 aromatic heterocycles. The number of nitrogens with zero attached hydrogens (tertiary/aromatic N) is 2. The maximum atomic E-state index is 12.1. The van der Waals surface area contributed by atoms with Crippen LogP contribution in [0.5, 0.6) is 0 Å². The van der Waals surface area contributed by atoms with Gasteiger partial charge < -0.3 is 15.3 Å². The van der Waals surface area contributed by atoms with Gasteiger partial charge in [-0.05, 0) is 25.7 Å². The van der Waals surface area contributed by atoms with Gasteiger partial charge >= 0.3 is 0 Å². The summed E-state index contributed by atoms with van der Waals surface area (Å²) in [4.78, 5) is 13.8. The molecule has 2 rings (SSSR count). The smallest absolute Gasteiger partial charge is 0.240 e. The molecular weight excluding hydrogens is 206 g/mol. The fourth-order valence-corrected chi connectivity index (χ4v) is 2.52. The molecule has 5 heteroatoms. The lowest BCUT2D eigenvalue weighted by Crippen LogP contribution is -2.47. The monoisotopic (exact) mass is 223 g/mol. The number of likely N-dealkylation sites (tertiary alicyclic amines) is 1. The third-order valence-corrected chi connectivity index (χ3v) is 3.44. The molecule has 0 spiro atoms. The zero-order chi connectivity index (χ0) is 11.5. The van der Waals surface area contributed by atoms with E-state index in [0.717, 1.165) is 25.7 Å². The Bertz CT molecular complexity index is 313. The van der Waals surface area contributed by atoms with Crippen molar-refractivity contribution >= 4 is 5.91 Å². The number of rotatable bonds is 2. The third-order valence-electron chi connectivity index (χ3n) is 3.44. The van der Waals surface area contributed by atoms with Gasteiger partial charge in [-0.1, -0.05) is 0 Å². The zero-order valence-electron chi connectivity index (χ0n) is 9.22. The predicted octanol–water partition coefficient (Wildman–Crippen LogP) is -0.386. The van der Waals surface area contributed by atoms with Crippen LogP contribution in [0, 0.1) is 11.3 Å². The molecule has 0 aliphatic carbocycles. The molecule has 0 saturated carbocycles. The topological polar surface area (TPSA) is 76.4 Å². The maximum Gasteiger partial charge on any atom is 0.240 e. The minimum Gasteiger partial charge on any atom is -0.395 e. The fourth-order valence-electron chi connectivity index (χ4n) is 2.52. The number of amides is 1. The van der Waals surface area contributed by atoms with E-state index in [4.69, 9.17) is 10.4 Å². The number of aliphatic hydroxyl groups excluding tert-OH is 1. The molecule has 1 amide bonds. The van der Waals surface area contributed by atoms with Crippen molar-refractivity contribution in [3.05, 3.63) is 0 Å². The highest BCUT2D eigenvalue weighted by atomic mass is 16.3. The highest BCUT2D eigenvalue weighted by molar-refractivity contribution is 5.83. The van der Waals surface area contributed by atoms with Crippen molar-refractivity contribution in [1.29, 1.82) is 5.26 Å². The van der Waals surface area contributed by atoms with Crippen molar-refractivity contribution in [2.45, 2.75) is 43.8 Å². The molecule has 0 bridgehead atoms. The SMILES string of the molecule is N#C[C@@H]1CCCN1C(=O)[C@H]1CC[C@@H](CO)N1. The van der Waals surface area contributed by atoms with Gasteiger partial charge in [-0.2, -0.15) is 5.26 Å². The second-order valence-electron chi connectivity index (χ2n) is 4.49. The molecule has 88 valence electrons. The van der Waals surface area contributed by atoms with Crippen LogP contribution in [-0.2, 0) is 4.79 Å². The Hall–Kier alpha value is -1.12. The lowest BCUT2D eigenvalue weighted by Gasteiger charge is -2.23. The summed E-state index contributed by atoms with van der Waals surface area (Å²) in [5.41, 5.74) is 0. The van der Waals surface area contributed by atoms with Gasteiger partial charge in [-0.25, -0.2) is 0 Å². The summed E-state index contributed by atoms with van der Waals surface area (Å²) >= 11 is 0. The Morgan fingerprint density at radius 1 is 1.50 bits per heavy atom. The molecule has 2 saturated heterocycles. The van der Waals surface area contributed by atoms with Gasteiger partial charge in [0.25, 0.3) is 0 Å². The summed E-state index contributed by atoms with van der Waals surface area (Å²) in [6.07, 6.45) is 3.30. The van der Waals surface area contributed by atoms with Gasteiger partial charge in [0.1, 0.15) is 6.04 Å². The molecule has 2 N–H and O–H groups in total. The highest BCUT2D eigenvalue weighted by Crippen LogP contribution is 2.21. The summed E-state index contributed by atoms with van der Waals surface area (Å²) in [5, 5.41) is 21.0. The first-order valence-electron chi connectivity index (χ1n) is 5.83. The van der Waals surface area contributed by atoms with Crippen LogP contribution in [-0.4, -0.2) is 47.2 Å². The minimum absolute atomic E-state index is 0.0278. The van der Waals surface area contributed by atoms with E-state index in [1.807, 2.05) is 0 Å². The van der Waals surface area contributed by atoms with Crippen LogP contribution in [0.4, 0.5) is 0 Å². The molecule has 0 aromatic rings. The molecule has 2 fully saturated rings. The summed E-state index contributed by atoms with van der Waals surface area (Å²) in [7, 11) is 0. The molecule has 2 aliphatic heterocycles. The number of nitriles is 1. The number of hydrogen-bond donors (Lipinski definition) is 2. The Kier molecular flexibility index (Phi) is 3.42. The Balaban J connectivity index is 1.95. The van der Waals surface area contributed by atoms with Crippen molar-refractivity contribution in [3.63, 3.8) is 0 Å². The van der Waals surface area contributed by atoms with Gasteiger partial charge in [-0.3, -0.25) is 4.79 Å². The van der Waals surface area contributed by atoms with Gasteiger partial charge in [0.05, 0.1) is 18.7 Å². The zero-order valence-corrected chi connectivity index (χ0v) is 9.22. The van der Waals surface area contributed by atoms with Gasteiger partial charge in [0.15, 0.2) is 0 Å². The van der Waals surface area contributed by atoms with E-state index in [2.05, 4.69) is 11.4 Å². The number of hydrogen-bond acceptors (Lipinski definition) is 4. The van der Waals surface area contributed by atoms with E-state index >= 15 is 0 Å². The minimum atomic E-state index is -0.248. The van der Waals surface area contributed by atoms with Gasteiger partial charge in [0.2, 0.25) is 5.91 Å². The summed E-state index contributed by atoms with van der Waals surface area (Å²) in [6.45, 7) is 0.768. The first-order valence-corrected chi connectivity index (χ1v) is 5.83. The van der Waals surface area contributed by atoms with Crippen LogP contribution in [0.25, 0.3) is 0 Å². The van der Waals surface area contributed by atoms with Crippen molar-refractivity contribution in [3.8, 4) is 6.07 Å². The molecule has 16 heavy (non-hydrogen) atoms. The molecule has 3 atom stereocenters. The number of carbonyl (C=O) groups excluding carboxylic acids is 1. The highest BCUT2D eigenvalue weighted by Gasteiger charge is 2.36. The maximum absolute atomic E-state index is 12.1. The van der Waals surface area contributed by atoms with Crippen LogP contribution in [0.15, 0.2) is 0 Å². The lowest BCUT2D eigenvalue weighted by atomic mass is 10.1. The lowest BCUT2D eigenvalue weighted by molar-refractivity contribution is -0.133. The van der Waals surface area contributed by atoms with E-state index < -0.39 is 0 Å². The predicted molar refractivity (Wildman–Crippen MR) is 57.4 cm³/mol. The van der Waals surface area contributed by atoms with E-state index in [1.54, 1.807) is 4.90 Å². The molecule has 0 aromatic carbocycles. The Morgan fingerprint density at radius 3 is 2.94 bits per heavy atom. The quantitative estimate of drug-likeness (QED) is 0.668. The molecule has 0 radical (unpaired) electrons. The van der Waals surface area contributed by atoms with Crippen LogP contribution in [0.3, 0.4) is 0 Å². The first-order chi connectivity index (χ1) is 7.76. The van der Waals surface area contributed by atoms with E-state index in [9.17, 15) is 4.79 Å². The van der Waals surface area contributed by atoms with Crippen LogP contribution in [0.1, 0.15) is 25.7 Å². The second kappa shape index (κ2) is 4.81. The second-order valence-corrected chi connectivity index (χ2v) is 4.49. The molecule has 2 heterocycles. The Morgan fingerprint density at radius 2 is 2.31 bits per heavy atom. The first kappa shape index (κ1) is 11.4. The summed E-state index contributed by atoms with van der Waals surface area (Å²) in [5.74, 6) is 0.0278. The normalized spacial score (nSPS) is 34.0. The van der Waals surface area contributed by atoms with Crippen molar-refractivity contribution < 1.29 is 9.90 Å². The average Bonchev–Trinajstić information content (AvgIpc) is 2.96. The van der Waals surface area contributed by atoms with E-state index in [1.165, 1.54) is 0 Å². The van der Waals surface area contributed by atoms with E-state index in [-0.39, 0.29) is 30.6 Å². The van der Waals surface area contributed by atoms with Gasteiger partial charge in [0, 0.05) is 12.6 Å². The van der Waals surface area contributed by atoms with Crippen molar-refractivity contribution in [1.82, 2.24) is 10.2 Å². The summed E-state index contributed by atoms with van der Waals surface area (Å²) in [6, 6.07) is 1.76. The molecule has 5 nitrogen and oxygen atoms in total. The number of carbonyl (C=O) groups is 1. The van der Waals surface area contributed by atoms with Crippen LogP contribution >= 0.6 is 0 Å². The standard InChI is InChI=1S/C11H17N3O2/c12-6-9-2-1-5-14(9)11(16)10-4-3-8(7-15)13-10/h8-10,13,15H,1-5,7H2/t8-,9-,10+/m0/s1. The molecule has 0 unspecified atom stereocenters.